The van der Waals surface area contributed by atoms with E-state index in [0.29, 0.717) is 6.04 Å². The highest BCUT2D eigenvalue weighted by atomic mass is 79.9. The fraction of sp³-hybridized carbons (Fsp3) is 0.667. The lowest BCUT2D eigenvalue weighted by Gasteiger charge is -2.14. The minimum absolute atomic E-state index is 0.619. The van der Waals surface area contributed by atoms with Crippen LogP contribution in [0.4, 0.5) is 0 Å². The molecule has 0 aliphatic carbocycles. The molecule has 0 spiro atoms. The van der Waals surface area contributed by atoms with E-state index in [4.69, 9.17) is 0 Å². The molecule has 1 atom stereocenters. The summed E-state index contributed by atoms with van der Waals surface area (Å²) in [5.41, 5.74) is 0. The fourth-order valence-corrected chi connectivity index (χ4v) is 2.88. The molecular weight excluding hydrogens is 270 g/mol. The zero-order valence-corrected chi connectivity index (χ0v) is 12.1. The second-order valence-electron chi connectivity index (χ2n) is 4.45. The lowest BCUT2D eigenvalue weighted by molar-refractivity contribution is 0.465. The van der Waals surface area contributed by atoms with Gasteiger partial charge in [-0.2, -0.15) is 0 Å². The molecule has 0 saturated heterocycles. The van der Waals surface area contributed by atoms with Gasteiger partial charge < -0.3 is 5.32 Å². The third-order valence-corrected chi connectivity index (χ3v) is 4.01. The first kappa shape index (κ1) is 13.2. The fourth-order valence-electron chi connectivity index (χ4n) is 1.38. The van der Waals surface area contributed by atoms with Crippen LogP contribution in [0.15, 0.2) is 15.9 Å². The van der Waals surface area contributed by atoms with Gasteiger partial charge in [-0.3, -0.25) is 0 Å². The van der Waals surface area contributed by atoms with Gasteiger partial charge in [-0.05, 0) is 60.3 Å². The van der Waals surface area contributed by atoms with Crippen molar-refractivity contribution in [2.24, 2.45) is 5.92 Å². The predicted octanol–water partition coefficient (Wildman–Crippen LogP) is 4.08. The van der Waals surface area contributed by atoms with E-state index in [0.717, 1.165) is 12.5 Å². The van der Waals surface area contributed by atoms with Crippen molar-refractivity contribution in [3.05, 3.63) is 20.8 Å². The first-order valence-corrected chi connectivity index (χ1v) is 7.16. The van der Waals surface area contributed by atoms with Gasteiger partial charge in [-0.25, -0.2) is 0 Å². The predicted molar refractivity (Wildman–Crippen MR) is 72.6 cm³/mol. The van der Waals surface area contributed by atoms with Crippen molar-refractivity contribution in [1.29, 1.82) is 0 Å². The molecule has 0 bridgehead atoms. The molecule has 15 heavy (non-hydrogen) atoms. The maximum absolute atomic E-state index is 3.55. The van der Waals surface area contributed by atoms with E-state index >= 15 is 0 Å². The van der Waals surface area contributed by atoms with Crippen molar-refractivity contribution >= 4 is 27.3 Å². The van der Waals surface area contributed by atoms with Crippen LogP contribution < -0.4 is 5.32 Å². The monoisotopic (exact) mass is 289 g/mol. The molecule has 1 unspecified atom stereocenters. The van der Waals surface area contributed by atoms with E-state index in [1.807, 2.05) is 11.3 Å². The molecule has 0 saturated carbocycles. The number of rotatable bonds is 6. The average molecular weight is 290 g/mol. The van der Waals surface area contributed by atoms with Gasteiger partial charge in [0.2, 0.25) is 0 Å². The molecule has 1 aromatic heterocycles. The highest BCUT2D eigenvalue weighted by Gasteiger charge is 2.04. The summed E-state index contributed by atoms with van der Waals surface area (Å²) in [5.74, 6) is 0.739. The Morgan fingerprint density at radius 3 is 2.60 bits per heavy atom. The smallest absolute Gasteiger partial charge is 0.0701 e. The van der Waals surface area contributed by atoms with Crippen LogP contribution >= 0.6 is 27.3 Å². The van der Waals surface area contributed by atoms with Crippen molar-refractivity contribution < 1.29 is 0 Å². The molecule has 1 aromatic rings. The Balaban J connectivity index is 2.19. The highest BCUT2D eigenvalue weighted by Crippen LogP contribution is 2.23. The first-order valence-electron chi connectivity index (χ1n) is 5.55. The van der Waals surface area contributed by atoms with Gasteiger partial charge in [0, 0.05) is 10.9 Å². The van der Waals surface area contributed by atoms with Gasteiger partial charge in [0.15, 0.2) is 0 Å². The molecule has 1 heterocycles. The van der Waals surface area contributed by atoms with Gasteiger partial charge >= 0.3 is 0 Å². The minimum Gasteiger partial charge on any atom is -0.314 e. The van der Waals surface area contributed by atoms with Gasteiger partial charge in [0.1, 0.15) is 0 Å². The summed E-state index contributed by atoms with van der Waals surface area (Å²) in [6.07, 6.45) is 2.40. The SMILES string of the molecule is CC(C)CNC(C)CCc1ccc(Br)s1. The van der Waals surface area contributed by atoms with Crippen LogP contribution in [-0.4, -0.2) is 12.6 Å². The largest absolute Gasteiger partial charge is 0.314 e. The average Bonchev–Trinajstić information content (AvgIpc) is 2.58. The summed E-state index contributed by atoms with van der Waals surface area (Å²) in [5, 5.41) is 3.55. The Labute approximate surface area is 105 Å². The van der Waals surface area contributed by atoms with E-state index in [9.17, 15) is 0 Å². The molecule has 0 aliphatic heterocycles. The Morgan fingerprint density at radius 2 is 2.07 bits per heavy atom. The van der Waals surface area contributed by atoms with Crippen LogP contribution in [0.2, 0.25) is 0 Å². The summed E-state index contributed by atoms with van der Waals surface area (Å²) in [4.78, 5) is 1.47. The standard InChI is InChI=1S/C12H20BrNS/c1-9(2)8-14-10(3)4-5-11-6-7-12(13)15-11/h6-7,9-10,14H,4-5,8H2,1-3H3. The van der Waals surface area contributed by atoms with Crippen LogP contribution in [0.25, 0.3) is 0 Å². The van der Waals surface area contributed by atoms with Gasteiger partial charge in [0.05, 0.1) is 3.79 Å². The molecule has 0 aromatic carbocycles. The Hall–Kier alpha value is 0.140. The van der Waals surface area contributed by atoms with Crippen molar-refractivity contribution in [3.63, 3.8) is 0 Å². The summed E-state index contributed by atoms with van der Waals surface area (Å²) >= 11 is 5.33. The Kier molecular flexibility index (Phi) is 5.87. The second kappa shape index (κ2) is 6.66. The van der Waals surface area contributed by atoms with Crippen LogP contribution in [0.3, 0.4) is 0 Å². The molecule has 0 fully saturated rings. The topological polar surface area (TPSA) is 12.0 Å². The highest BCUT2D eigenvalue weighted by molar-refractivity contribution is 9.11. The normalized spacial score (nSPS) is 13.4. The minimum atomic E-state index is 0.619. The zero-order valence-electron chi connectivity index (χ0n) is 9.72. The van der Waals surface area contributed by atoms with Crippen molar-refractivity contribution in [2.75, 3.05) is 6.54 Å². The van der Waals surface area contributed by atoms with Gasteiger partial charge in [-0.15, -0.1) is 11.3 Å². The summed E-state index contributed by atoms with van der Waals surface area (Å²) in [6, 6.07) is 4.96. The van der Waals surface area contributed by atoms with Gasteiger partial charge in [-0.1, -0.05) is 13.8 Å². The number of thiophene rings is 1. The second-order valence-corrected chi connectivity index (χ2v) is 7.00. The molecule has 0 aliphatic rings. The summed E-state index contributed by atoms with van der Waals surface area (Å²) < 4.78 is 1.24. The number of aryl methyl sites for hydroxylation is 1. The molecule has 0 radical (unpaired) electrons. The van der Waals surface area contributed by atoms with Gasteiger partial charge in [0.25, 0.3) is 0 Å². The molecule has 86 valence electrons. The quantitative estimate of drug-likeness (QED) is 0.832. The van der Waals surface area contributed by atoms with Crippen molar-refractivity contribution in [1.82, 2.24) is 5.32 Å². The van der Waals surface area contributed by atoms with Crippen LogP contribution in [0.5, 0.6) is 0 Å². The van der Waals surface area contributed by atoms with Crippen LogP contribution in [0.1, 0.15) is 32.1 Å². The Bertz CT molecular complexity index is 283. The van der Waals surface area contributed by atoms with Crippen molar-refractivity contribution in [3.8, 4) is 0 Å². The number of halogens is 1. The summed E-state index contributed by atoms with van der Waals surface area (Å²) in [6.45, 7) is 7.88. The zero-order chi connectivity index (χ0) is 11.3. The molecule has 3 heteroatoms. The molecule has 0 amide bonds. The molecule has 1 N–H and O–H groups in total. The van der Waals surface area contributed by atoms with E-state index in [1.165, 1.54) is 21.5 Å². The third kappa shape index (κ3) is 5.69. The molecule has 1 nitrogen and oxygen atoms in total. The first-order chi connectivity index (χ1) is 7.08. The van der Waals surface area contributed by atoms with E-state index in [1.54, 1.807) is 0 Å². The van der Waals surface area contributed by atoms with E-state index in [2.05, 4.69) is 54.2 Å². The lowest BCUT2D eigenvalue weighted by atomic mass is 10.1. The lowest BCUT2D eigenvalue weighted by Crippen LogP contribution is -2.29. The number of hydrogen-bond acceptors (Lipinski definition) is 2. The van der Waals surface area contributed by atoms with Crippen molar-refractivity contribution in [2.45, 2.75) is 39.7 Å². The Morgan fingerprint density at radius 1 is 1.33 bits per heavy atom. The summed E-state index contributed by atoms with van der Waals surface area (Å²) in [7, 11) is 0. The van der Waals surface area contributed by atoms with E-state index < -0.39 is 0 Å². The maximum atomic E-state index is 3.55. The van der Waals surface area contributed by atoms with E-state index in [-0.39, 0.29) is 0 Å². The number of hydrogen-bond donors (Lipinski definition) is 1. The van der Waals surface area contributed by atoms with Crippen LogP contribution in [-0.2, 0) is 6.42 Å². The van der Waals surface area contributed by atoms with Crippen LogP contribution in [0, 0.1) is 5.92 Å². The maximum Gasteiger partial charge on any atom is 0.0701 e. The molecule has 1 rings (SSSR count). The number of nitrogens with one attached hydrogen (secondary N) is 1. The third-order valence-electron chi connectivity index (χ3n) is 2.33. The molecular formula is C12H20BrNS.